The highest BCUT2D eigenvalue weighted by molar-refractivity contribution is 5.74. The van der Waals surface area contributed by atoms with E-state index in [0.717, 1.165) is 35.1 Å². The lowest BCUT2D eigenvalue weighted by molar-refractivity contribution is 0.290. The molecule has 0 spiro atoms. The molecule has 4 aromatic rings. The molecule has 0 atom stereocenters. The second-order valence-electron chi connectivity index (χ2n) is 9.91. The maximum absolute atomic E-state index is 14.8. The number of ether oxygens (including phenoxy) is 1. The van der Waals surface area contributed by atoms with Crippen molar-refractivity contribution in [3.8, 4) is 28.0 Å². The molecule has 4 heteroatoms. The van der Waals surface area contributed by atoms with Crippen molar-refractivity contribution in [2.24, 2.45) is 0 Å². The van der Waals surface area contributed by atoms with E-state index in [9.17, 15) is 13.2 Å². The van der Waals surface area contributed by atoms with E-state index in [1.807, 2.05) is 49.4 Å². The summed E-state index contributed by atoms with van der Waals surface area (Å²) in [5, 5.41) is 0. The monoisotopic (exact) mass is 528 g/mol. The average molecular weight is 529 g/mol. The van der Waals surface area contributed by atoms with Crippen molar-refractivity contribution in [2.45, 2.75) is 52.4 Å². The molecule has 0 aliphatic carbocycles. The first kappa shape index (κ1) is 28.2. The van der Waals surface area contributed by atoms with Crippen molar-refractivity contribution in [3.05, 3.63) is 113 Å². The Morgan fingerprint density at radius 3 is 2.03 bits per heavy atom. The topological polar surface area (TPSA) is 9.23 Å². The molecule has 0 fully saturated rings. The van der Waals surface area contributed by atoms with E-state index >= 15 is 0 Å². The molecule has 0 amide bonds. The Kier molecular flexibility index (Phi) is 10.0. The zero-order chi connectivity index (χ0) is 27.6. The molecule has 39 heavy (non-hydrogen) atoms. The van der Waals surface area contributed by atoms with Gasteiger partial charge in [0, 0.05) is 11.1 Å². The Balaban J connectivity index is 1.37. The fourth-order valence-corrected chi connectivity index (χ4v) is 4.48. The van der Waals surface area contributed by atoms with E-state index in [4.69, 9.17) is 4.74 Å². The first-order valence-electron chi connectivity index (χ1n) is 13.7. The average Bonchev–Trinajstić information content (AvgIpc) is 2.95. The quantitative estimate of drug-likeness (QED) is 0.131. The predicted octanol–water partition coefficient (Wildman–Crippen LogP) is 10.7. The molecule has 0 saturated carbocycles. The van der Waals surface area contributed by atoms with Crippen LogP contribution in [0.2, 0.25) is 0 Å². The van der Waals surface area contributed by atoms with E-state index in [0.29, 0.717) is 12.2 Å². The molecule has 4 rings (SSSR count). The number of benzene rings is 4. The standard InChI is InChI=1S/C35H35F3O/c1-3-4-5-6-7-8-23-39-33-22-20-30(24-32(33)36)27-16-11-26(12-17-27)13-18-29-19-21-31(35(38)34(29)37)28-14-9-25(2)10-15-28/h9-22,24H,3-8,23H2,1-2H3/b18-13+. The highest BCUT2D eigenvalue weighted by Crippen LogP contribution is 2.29. The third-order valence-corrected chi connectivity index (χ3v) is 6.86. The van der Waals surface area contributed by atoms with E-state index in [1.165, 1.54) is 31.7 Å². The van der Waals surface area contributed by atoms with E-state index < -0.39 is 11.6 Å². The first-order valence-corrected chi connectivity index (χ1v) is 13.7. The molecule has 0 aliphatic heterocycles. The number of aryl methyl sites for hydroxylation is 1. The second-order valence-corrected chi connectivity index (χ2v) is 9.91. The largest absolute Gasteiger partial charge is 0.491 e. The summed E-state index contributed by atoms with van der Waals surface area (Å²) in [6.45, 7) is 4.66. The predicted molar refractivity (Wildman–Crippen MR) is 156 cm³/mol. The minimum atomic E-state index is -0.879. The molecule has 202 valence electrons. The van der Waals surface area contributed by atoms with Gasteiger partial charge in [-0.1, -0.05) is 123 Å². The highest BCUT2D eigenvalue weighted by atomic mass is 19.2. The summed E-state index contributed by atoms with van der Waals surface area (Å²) in [5.41, 5.74) is 4.52. The van der Waals surface area contributed by atoms with Gasteiger partial charge in [0.05, 0.1) is 6.61 Å². The van der Waals surface area contributed by atoms with Crippen molar-refractivity contribution in [2.75, 3.05) is 6.61 Å². The van der Waals surface area contributed by atoms with Crippen LogP contribution in [0.4, 0.5) is 13.2 Å². The minimum Gasteiger partial charge on any atom is -0.491 e. The van der Waals surface area contributed by atoms with Crippen molar-refractivity contribution < 1.29 is 17.9 Å². The van der Waals surface area contributed by atoms with Crippen LogP contribution in [-0.2, 0) is 0 Å². The van der Waals surface area contributed by atoms with Gasteiger partial charge in [0.25, 0.3) is 0 Å². The Hall–Kier alpha value is -3.79. The van der Waals surface area contributed by atoms with Crippen LogP contribution in [0.15, 0.2) is 78.9 Å². The fourth-order valence-electron chi connectivity index (χ4n) is 4.48. The van der Waals surface area contributed by atoms with Gasteiger partial charge in [0.2, 0.25) is 0 Å². The van der Waals surface area contributed by atoms with Crippen molar-refractivity contribution >= 4 is 12.2 Å². The lowest BCUT2D eigenvalue weighted by atomic mass is 10.0. The van der Waals surface area contributed by atoms with Gasteiger partial charge in [0.15, 0.2) is 23.2 Å². The lowest BCUT2D eigenvalue weighted by Gasteiger charge is -2.09. The number of halogens is 3. The normalized spacial score (nSPS) is 11.3. The third-order valence-electron chi connectivity index (χ3n) is 6.86. The maximum atomic E-state index is 14.8. The smallest absolute Gasteiger partial charge is 0.167 e. The maximum Gasteiger partial charge on any atom is 0.167 e. The summed E-state index contributed by atoms with van der Waals surface area (Å²) in [7, 11) is 0. The molecule has 0 saturated heterocycles. The molecular weight excluding hydrogens is 493 g/mol. The Morgan fingerprint density at radius 2 is 1.31 bits per heavy atom. The fraction of sp³-hybridized carbons (Fsp3) is 0.257. The van der Waals surface area contributed by atoms with Crippen LogP contribution in [0.5, 0.6) is 5.75 Å². The van der Waals surface area contributed by atoms with Gasteiger partial charge in [-0.2, -0.15) is 0 Å². The highest BCUT2D eigenvalue weighted by Gasteiger charge is 2.13. The van der Waals surface area contributed by atoms with Gasteiger partial charge in [-0.25, -0.2) is 13.2 Å². The number of rotatable bonds is 12. The SMILES string of the molecule is CCCCCCCCOc1ccc(-c2ccc(/C=C/c3ccc(-c4ccc(C)cc4)c(F)c3F)cc2)cc1F. The molecule has 0 aliphatic rings. The Bertz CT molecular complexity index is 1390. The summed E-state index contributed by atoms with van der Waals surface area (Å²) in [6, 6.07) is 23.0. The molecule has 1 nitrogen and oxygen atoms in total. The second kappa shape index (κ2) is 13.8. The van der Waals surface area contributed by atoms with Gasteiger partial charge in [0.1, 0.15) is 0 Å². The van der Waals surface area contributed by atoms with Crippen LogP contribution in [0.1, 0.15) is 62.1 Å². The van der Waals surface area contributed by atoms with Crippen LogP contribution >= 0.6 is 0 Å². The molecule has 0 N–H and O–H groups in total. The van der Waals surface area contributed by atoms with Crippen molar-refractivity contribution in [1.82, 2.24) is 0 Å². The Morgan fingerprint density at radius 1 is 0.641 bits per heavy atom. The summed E-state index contributed by atoms with van der Waals surface area (Å²) in [6.07, 6.45) is 10.2. The van der Waals surface area contributed by atoms with Crippen LogP contribution in [0, 0.1) is 24.4 Å². The molecule has 0 aromatic heterocycles. The van der Waals surface area contributed by atoms with Gasteiger partial charge < -0.3 is 4.74 Å². The summed E-state index contributed by atoms with van der Waals surface area (Å²) < 4.78 is 49.8. The van der Waals surface area contributed by atoms with Crippen LogP contribution in [0.25, 0.3) is 34.4 Å². The summed E-state index contributed by atoms with van der Waals surface area (Å²) in [4.78, 5) is 0. The first-order chi connectivity index (χ1) is 19.0. The summed E-state index contributed by atoms with van der Waals surface area (Å²) >= 11 is 0. The molecular formula is C35H35F3O. The zero-order valence-electron chi connectivity index (χ0n) is 22.7. The van der Waals surface area contributed by atoms with Crippen LogP contribution in [-0.4, -0.2) is 6.61 Å². The molecule has 0 bridgehead atoms. The molecule has 0 unspecified atom stereocenters. The van der Waals surface area contributed by atoms with Crippen LogP contribution in [0.3, 0.4) is 0 Å². The van der Waals surface area contributed by atoms with Crippen LogP contribution < -0.4 is 4.74 Å². The number of hydrogen-bond donors (Lipinski definition) is 0. The molecule has 0 radical (unpaired) electrons. The minimum absolute atomic E-state index is 0.172. The van der Waals surface area contributed by atoms with E-state index in [2.05, 4.69) is 6.92 Å². The Labute approximate surface area is 230 Å². The molecule has 4 aromatic carbocycles. The number of hydrogen-bond acceptors (Lipinski definition) is 1. The lowest BCUT2D eigenvalue weighted by Crippen LogP contribution is -1.99. The van der Waals surface area contributed by atoms with E-state index in [1.54, 1.807) is 42.5 Å². The summed E-state index contributed by atoms with van der Waals surface area (Å²) in [5.74, 6) is -1.85. The van der Waals surface area contributed by atoms with Crippen molar-refractivity contribution in [1.29, 1.82) is 0 Å². The van der Waals surface area contributed by atoms with Gasteiger partial charge >= 0.3 is 0 Å². The number of unbranched alkanes of at least 4 members (excludes halogenated alkanes) is 5. The third kappa shape index (κ3) is 7.63. The van der Waals surface area contributed by atoms with Gasteiger partial charge in [-0.3, -0.25) is 0 Å². The molecule has 0 heterocycles. The zero-order valence-corrected chi connectivity index (χ0v) is 22.7. The van der Waals surface area contributed by atoms with Crippen molar-refractivity contribution in [3.63, 3.8) is 0 Å². The van der Waals surface area contributed by atoms with Gasteiger partial charge in [-0.05, 0) is 47.7 Å². The van der Waals surface area contributed by atoms with E-state index in [-0.39, 0.29) is 22.7 Å². The van der Waals surface area contributed by atoms with Gasteiger partial charge in [-0.15, -0.1) is 0 Å².